The third-order valence-corrected chi connectivity index (χ3v) is 4.10. The van der Waals surface area contributed by atoms with Gasteiger partial charge in [0.2, 0.25) is 5.95 Å². The highest BCUT2D eigenvalue weighted by atomic mass is 35.5. The van der Waals surface area contributed by atoms with E-state index in [9.17, 15) is 13.2 Å². The molecule has 1 heterocycles. The second-order valence-electron chi connectivity index (χ2n) is 5.81. The summed E-state index contributed by atoms with van der Waals surface area (Å²) in [6.45, 7) is 0. The molecule has 3 rings (SSSR count). The number of hydrogen-bond acceptors (Lipinski definition) is 4. The van der Waals surface area contributed by atoms with Crippen LogP contribution in [0.3, 0.4) is 0 Å². The Hall–Kier alpha value is -2.80. The van der Waals surface area contributed by atoms with Gasteiger partial charge in [0.25, 0.3) is 0 Å². The summed E-state index contributed by atoms with van der Waals surface area (Å²) in [6.07, 6.45) is -2.39. The van der Waals surface area contributed by atoms with Crippen LogP contribution in [-0.4, -0.2) is 17.0 Å². The highest BCUT2D eigenvalue weighted by Gasteiger charge is 2.30. The number of rotatable bonds is 5. The van der Waals surface area contributed by atoms with Crippen LogP contribution in [0.2, 0.25) is 5.02 Å². The van der Waals surface area contributed by atoms with E-state index in [2.05, 4.69) is 20.6 Å². The third-order valence-electron chi connectivity index (χ3n) is 3.85. The molecule has 140 valence electrons. The van der Waals surface area contributed by atoms with Gasteiger partial charge >= 0.3 is 6.18 Å². The van der Waals surface area contributed by atoms with E-state index in [4.69, 9.17) is 11.6 Å². The first-order chi connectivity index (χ1) is 12.8. The molecule has 0 bridgehead atoms. The van der Waals surface area contributed by atoms with E-state index in [-0.39, 0.29) is 0 Å². The van der Waals surface area contributed by atoms with Gasteiger partial charge in [-0.3, -0.25) is 0 Å². The van der Waals surface area contributed by atoms with E-state index >= 15 is 0 Å². The molecule has 2 N–H and O–H groups in total. The smallest absolute Gasteiger partial charge is 0.357 e. The standard InChI is InChI=1S/C19H16ClF3N4/c1-24-18-25-11-17(16(27-18)9-12-5-7-14(20)8-6-12)26-15-4-2-3-13(10-15)19(21,22)23/h2-8,10-11,26H,9H2,1H3,(H,24,25,27). The Kier molecular flexibility index (Phi) is 5.51. The van der Waals surface area contributed by atoms with Crippen molar-refractivity contribution in [3.63, 3.8) is 0 Å². The van der Waals surface area contributed by atoms with Gasteiger partial charge in [-0.25, -0.2) is 9.97 Å². The Morgan fingerprint density at radius 1 is 1.07 bits per heavy atom. The van der Waals surface area contributed by atoms with Crippen LogP contribution in [0, 0.1) is 0 Å². The van der Waals surface area contributed by atoms with Crippen LogP contribution in [0.25, 0.3) is 0 Å². The fraction of sp³-hybridized carbons (Fsp3) is 0.158. The number of benzene rings is 2. The van der Waals surface area contributed by atoms with Crippen LogP contribution < -0.4 is 10.6 Å². The summed E-state index contributed by atoms with van der Waals surface area (Å²) in [7, 11) is 1.70. The molecular formula is C19H16ClF3N4. The predicted molar refractivity (Wildman–Crippen MR) is 101 cm³/mol. The number of hydrogen-bond donors (Lipinski definition) is 2. The normalized spacial score (nSPS) is 11.3. The summed E-state index contributed by atoms with van der Waals surface area (Å²) < 4.78 is 38.8. The number of aromatic nitrogens is 2. The number of alkyl halides is 3. The second kappa shape index (κ2) is 7.84. The zero-order chi connectivity index (χ0) is 19.4. The van der Waals surface area contributed by atoms with Crippen LogP contribution in [0.1, 0.15) is 16.8 Å². The van der Waals surface area contributed by atoms with E-state index in [0.717, 1.165) is 17.7 Å². The summed E-state index contributed by atoms with van der Waals surface area (Å²) in [4.78, 5) is 8.59. The van der Waals surface area contributed by atoms with Crippen molar-refractivity contribution >= 4 is 28.9 Å². The largest absolute Gasteiger partial charge is 0.416 e. The van der Waals surface area contributed by atoms with Crippen molar-refractivity contribution < 1.29 is 13.2 Å². The minimum atomic E-state index is -4.41. The average molecular weight is 393 g/mol. The van der Waals surface area contributed by atoms with Gasteiger partial charge in [-0.1, -0.05) is 29.8 Å². The van der Waals surface area contributed by atoms with Gasteiger partial charge in [0.05, 0.1) is 23.1 Å². The van der Waals surface area contributed by atoms with Gasteiger partial charge < -0.3 is 10.6 Å². The number of nitrogens with one attached hydrogen (secondary N) is 2. The molecule has 0 aliphatic rings. The van der Waals surface area contributed by atoms with Crippen molar-refractivity contribution in [3.05, 3.63) is 76.6 Å². The molecule has 1 aromatic heterocycles. The first kappa shape index (κ1) is 19.0. The van der Waals surface area contributed by atoms with Crippen LogP contribution >= 0.6 is 11.6 Å². The molecular weight excluding hydrogens is 377 g/mol. The van der Waals surface area contributed by atoms with E-state index in [1.54, 1.807) is 31.4 Å². The van der Waals surface area contributed by atoms with Gasteiger partial charge in [-0.05, 0) is 35.9 Å². The summed E-state index contributed by atoms with van der Waals surface area (Å²) in [5.74, 6) is 0.425. The monoisotopic (exact) mass is 392 g/mol. The van der Waals surface area contributed by atoms with Crippen molar-refractivity contribution in [1.29, 1.82) is 0 Å². The minimum absolute atomic E-state index is 0.308. The molecule has 0 unspecified atom stereocenters. The van der Waals surface area contributed by atoms with Gasteiger partial charge in [0.1, 0.15) is 0 Å². The fourth-order valence-electron chi connectivity index (χ4n) is 2.50. The highest BCUT2D eigenvalue weighted by Crippen LogP contribution is 2.32. The van der Waals surface area contributed by atoms with Gasteiger partial charge in [-0.15, -0.1) is 0 Å². The lowest BCUT2D eigenvalue weighted by Crippen LogP contribution is -2.07. The number of anilines is 3. The Bertz CT molecular complexity index is 927. The van der Waals surface area contributed by atoms with Crippen molar-refractivity contribution in [2.45, 2.75) is 12.6 Å². The first-order valence-corrected chi connectivity index (χ1v) is 8.45. The Labute approximate surface area is 159 Å². The van der Waals surface area contributed by atoms with Crippen molar-refractivity contribution in [2.24, 2.45) is 0 Å². The van der Waals surface area contributed by atoms with Gasteiger partial charge in [0, 0.05) is 24.2 Å². The summed E-state index contributed by atoms with van der Waals surface area (Å²) in [6, 6.07) is 12.3. The SMILES string of the molecule is CNc1ncc(Nc2cccc(C(F)(F)F)c2)c(Cc2ccc(Cl)cc2)n1. The van der Waals surface area contributed by atoms with E-state index in [1.165, 1.54) is 6.07 Å². The topological polar surface area (TPSA) is 49.8 Å². The van der Waals surface area contributed by atoms with Crippen LogP contribution in [0.5, 0.6) is 0 Å². The molecule has 2 aromatic carbocycles. The molecule has 0 saturated heterocycles. The molecule has 8 heteroatoms. The van der Waals surface area contributed by atoms with Crippen molar-refractivity contribution in [3.8, 4) is 0 Å². The van der Waals surface area contributed by atoms with E-state index in [1.807, 2.05) is 12.1 Å². The summed E-state index contributed by atoms with van der Waals surface area (Å²) in [5, 5.41) is 6.48. The Morgan fingerprint density at radius 3 is 2.48 bits per heavy atom. The van der Waals surface area contributed by atoms with Crippen LogP contribution in [-0.2, 0) is 12.6 Å². The lowest BCUT2D eigenvalue weighted by Gasteiger charge is -2.14. The maximum Gasteiger partial charge on any atom is 0.416 e. The van der Waals surface area contributed by atoms with Gasteiger partial charge in [0.15, 0.2) is 0 Å². The van der Waals surface area contributed by atoms with Gasteiger partial charge in [-0.2, -0.15) is 13.2 Å². The predicted octanol–water partition coefficient (Wildman–Crippen LogP) is 5.52. The summed E-state index contributed by atoms with van der Waals surface area (Å²) in [5.41, 5.74) is 1.73. The van der Waals surface area contributed by atoms with E-state index in [0.29, 0.717) is 34.5 Å². The molecule has 0 fully saturated rings. The molecule has 0 aliphatic heterocycles. The molecule has 27 heavy (non-hydrogen) atoms. The summed E-state index contributed by atoms with van der Waals surface area (Å²) >= 11 is 5.91. The average Bonchev–Trinajstić information content (AvgIpc) is 2.64. The lowest BCUT2D eigenvalue weighted by atomic mass is 10.1. The second-order valence-corrected chi connectivity index (χ2v) is 6.25. The Balaban J connectivity index is 1.92. The number of halogens is 4. The molecule has 0 saturated carbocycles. The molecule has 0 radical (unpaired) electrons. The molecule has 3 aromatic rings. The quantitative estimate of drug-likeness (QED) is 0.599. The van der Waals surface area contributed by atoms with Crippen molar-refractivity contribution in [2.75, 3.05) is 17.7 Å². The maximum atomic E-state index is 12.9. The fourth-order valence-corrected chi connectivity index (χ4v) is 2.63. The molecule has 0 spiro atoms. The highest BCUT2D eigenvalue weighted by molar-refractivity contribution is 6.30. The minimum Gasteiger partial charge on any atom is -0.357 e. The van der Waals surface area contributed by atoms with E-state index < -0.39 is 11.7 Å². The molecule has 4 nitrogen and oxygen atoms in total. The maximum absolute atomic E-state index is 12.9. The van der Waals surface area contributed by atoms with Crippen molar-refractivity contribution in [1.82, 2.24) is 9.97 Å². The van der Waals surface area contributed by atoms with Crippen LogP contribution in [0.4, 0.5) is 30.5 Å². The Morgan fingerprint density at radius 2 is 1.81 bits per heavy atom. The van der Waals surface area contributed by atoms with Crippen LogP contribution in [0.15, 0.2) is 54.7 Å². The molecule has 0 atom stereocenters. The molecule has 0 aliphatic carbocycles. The lowest BCUT2D eigenvalue weighted by molar-refractivity contribution is -0.137. The molecule has 0 amide bonds. The zero-order valence-electron chi connectivity index (χ0n) is 14.3. The number of nitrogens with zero attached hydrogens (tertiary/aromatic N) is 2. The zero-order valence-corrected chi connectivity index (χ0v) is 15.1. The first-order valence-electron chi connectivity index (χ1n) is 8.07. The third kappa shape index (κ3) is 4.89.